The minimum absolute atomic E-state index is 0.177. The Morgan fingerprint density at radius 3 is 2.61 bits per heavy atom. The number of aromatic nitrogens is 2. The fourth-order valence-corrected chi connectivity index (χ4v) is 4.95. The summed E-state index contributed by atoms with van der Waals surface area (Å²) >= 11 is 1.60. The molecule has 186 valence electrons. The molecule has 0 bridgehead atoms. The van der Waals surface area contributed by atoms with Crippen LogP contribution in [0.1, 0.15) is 44.9 Å². The monoisotopic (exact) mass is 503 g/mol. The Hall–Kier alpha value is -3.69. The second kappa shape index (κ2) is 11.4. The summed E-state index contributed by atoms with van der Waals surface area (Å²) < 4.78 is 5.42. The van der Waals surface area contributed by atoms with Crippen LogP contribution in [-0.4, -0.2) is 41.8 Å². The molecule has 1 aliphatic heterocycles. The summed E-state index contributed by atoms with van der Waals surface area (Å²) in [7, 11) is 0. The third-order valence-corrected chi connectivity index (χ3v) is 7.31. The third kappa shape index (κ3) is 5.92. The number of rotatable bonds is 9. The number of fused-ring (bicyclic) bond motifs is 1. The van der Waals surface area contributed by atoms with Crippen molar-refractivity contribution >= 4 is 45.6 Å². The lowest BCUT2D eigenvalue weighted by atomic mass is 9.97. The van der Waals surface area contributed by atoms with Gasteiger partial charge < -0.3 is 20.7 Å². The van der Waals surface area contributed by atoms with Gasteiger partial charge in [-0.15, -0.1) is 11.3 Å². The normalized spacial score (nSPS) is 14.0. The molecule has 2 aromatic heterocycles. The van der Waals surface area contributed by atoms with Gasteiger partial charge in [-0.2, -0.15) is 5.10 Å². The third-order valence-electron chi connectivity index (χ3n) is 6.43. The first-order chi connectivity index (χ1) is 17.7. The standard InChI is InChI=1S/C27H29N5O3S/c33-26(29-17-22-2-1-15-36-22)20-5-8-24-23(16-20)25(32-31-24)30-27(34)19-3-6-21(7-4-19)28-12-9-18-10-13-35-14-11-18/h1-8,15-16,18,28H,9-14,17H2,(H,29,33)(H2,30,31,32,34). The Morgan fingerprint density at radius 2 is 1.83 bits per heavy atom. The van der Waals surface area contributed by atoms with Crippen molar-refractivity contribution in [3.8, 4) is 0 Å². The van der Waals surface area contributed by atoms with Gasteiger partial charge in [0, 0.05) is 46.8 Å². The highest BCUT2D eigenvalue weighted by molar-refractivity contribution is 7.09. The number of ether oxygens (including phenoxy) is 1. The van der Waals surface area contributed by atoms with E-state index in [1.807, 2.05) is 29.6 Å². The minimum atomic E-state index is -0.260. The van der Waals surface area contributed by atoms with Crippen molar-refractivity contribution in [3.63, 3.8) is 0 Å². The van der Waals surface area contributed by atoms with Gasteiger partial charge >= 0.3 is 0 Å². The van der Waals surface area contributed by atoms with E-state index in [-0.39, 0.29) is 11.8 Å². The lowest BCUT2D eigenvalue weighted by Crippen LogP contribution is -2.22. The van der Waals surface area contributed by atoms with Crippen LogP contribution in [0.5, 0.6) is 0 Å². The number of nitrogens with one attached hydrogen (secondary N) is 4. The first-order valence-corrected chi connectivity index (χ1v) is 13.1. The van der Waals surface area contributed by atoms with Gasteiger partial charge in [0.15, 0.2) is 5.82 Å². The number of aromatic amines is 1. The predicted octanol–water partition coefficient (Wildman–Crippen LogP) is 5.04. The molecule has 0 unspecified atom stereocenters. The highest BCUT2D eigenvalue weighted by Gasteiger charge is 2.15. The van der Waals surface area contributed by atoms with Crippen molar-refractivity contribution in [1.29, 1.82) is 0 Å². The maximum Gasteiger partial charge on any atom is 0.256 e. The van der Waals surface area contributed by atoms with Crippen LogP contribution in [0.25, 0.3) is 10.9 Å². The first-order valence-electron chi connectivity index (χ1n) is 12.2. The quantitative estimate of drug-likeness (QED) is 0.256. The summed E-state index contributed by atoms with van der Waals surface area (Å²) in [5, 5.41) is 19.0. The van der Waals surface area contributed by atoms with Crippen molar-refractivity contribution in [2.75, 3.05) is 30.4 Å². The molecule has 2 aromatic carbocycles. The topological polar surface area (TPSA) is 108 Å². The zero-order chi connectivity index (χ0) is 24.7. The summed E-state index contributed by atoms with van der Waals surface area (Å²) in [6, 6.07) is 16.6. The summed E-state index contributed by atoms with van der Waals surface area (Å²) in [5.41, 5.74) is 2.77. The van der Waals surface area contributed by atoms with Gasteiger partial charge in [-0.3, -0.25) is 14.7 Å². The molecule has 8 nitrogen and oxygen atoms in total. The predicted molar refractivity (Wildman–Crippen MR) is 143 cm³/mol. The van der Waals surface area contributed by atoms with Gasteiger partial charge in [-0.25, -0.2) is 0 Å². The van der Waals surface area contributed by atoms with Crippen molar-refractivity contribution in [2.45, 2.75) is 25.8 Å². The highest BCUT2D eigenvalue weighted by atomic mass is 32.1. The molecule has 1 saturated heterocycles. The molecule has 1 fully saturated rings. The van der Waals surface area contributed by atoms with Crippen LogP contribution in [0.3, 0.4) is 0 Å². The van der Waals surface area contributed by atoms with E-state index in [0.29, 0.717) is 34.8 Å². The number of hydrogen-bond acceptors (Lipinski definition) is 6. The molecule has 4 N–H and O–H groups in total. The molecule has 0 saturated carbocycles. The minimum Gasteiger partial charge on any atom is -0.385 e. The first kappa shape index (κ1) is 24.0. The number of benzene rings is 2. The molecular formula is C27H29N5O3S. The average Bonchev–Trinajstić information content (AvgIpc) is 3.58. The highest BCUT2D eigenvalue weighted by Crippen LogP contribution is 2.23. The Kier molecular flexibility index (Phi) is 7.58. The van der Waals surface area contributed by atoms with Crippen LogP contribution in [0.15, 0.2) is 60.0 Å². The number of hydrogen-bond donors (Lipinski definition) is 4. The van der Waals surface area contributed by atoms with Gasteiger partial charge in [0.2, 0.25) is 0 Å². The largest absolute Gasteiger partial charge is 0.385 e. The second-order valence-corrected chi connectivity index (χ2v) is 9.93. The Labute approximate surface area is 213 Å². The maximum absolute atomic E-state index is 12.9. The van der Waals surface area contributed by atoms with Gasteiger partial charge in [0.25, 0.3) is 11.8 Å². The van der Waals surface area contributed by atoms with Crippen molar-refractivity contribution in [2.24, 2.45) is 5.92 Å². The summed E-state index contributed by atoms with van der Waals surface area (Å²) in [6.07, 6.45) is 3.37. The van der Waals surface area contributed by atoms with Crippen molar-refractivity contribution in [1.82, 2.24) is 15.5 Å². The Morgan fingerprint density at radius 1 is 1.03 bits per heavy atom. The molecule has 0 aliphatic carbocycles. The lowest BCUT2D eigenvalue weighted by Gasteiger charge is -2.22. The fourth-order valence-electron chi connectivity index (χ4n) is 4.31. The summed E-state index contributed by atoms with van der Waals surface area (Å²) in [5.74, 6) is 0.669. The van der Waals surface area contributed by atoms with Crippen LogP contribution in [0.2, 0.25) is 0 Å². The molecule has 5 rings (SSSR count). The van der Waals surface area contributed by atoms with Crippen molar-refractivity contribution < 1.29 is 14.3 Å². The van der Waals surface area contributed by atoms with Crippen LogP contribution < -0.4 is 16.0 Å². The van der Waals surface area contributed by atoms with Crippen LogP contribution in [0, 0.1) is 5.92 Å². The van der Waals surface area contributed by atoms with E-state index in [4.69, 9.17) is 4.74 Å². The van der Waals surface area contributed by atoms with E-state index in [0.717, 1.165) is 55.1 Å². The van der Waals surface area contributed by atoms with Crippen LogP contribution >= 0.6 is 11.3 Å². The smallest absolute Gasteiger partial charge is 0.256 e. The number of thiophene rings is 1. The molecule has 1 aliphatic rings. The van der Waals surface area contributed by atoms with E-state index in [2.05, 4.69) is 26.1 Å². The van der Waals surface area contributed by atoms with E-state index < -0.39 is 0 Å². The molecule has 0 atom stereocenters. The zero-order valence-corrected chi connectivity index (χ0v) is 20.7. The van der Waals surface area contributed by atoms with Gasteiger partial charge in [0.05, 0.1) is 12.1 Å². The molecule has 3 heterocycles. The number of anilines is 2. The molecule has 0 radical (unpaired) electrons. The van der Waals surface area contributed by atoms with Crippen LogP contribution in [-0.2, 0) is 11.3 Å². The zero-order valence-electron chi connectivity index (χ0n) is 19.9. The molecule has 9 heteroatoms. The van der Waals surface area contributed by atoms with Gasteiger partial charge in [-0.05, 0) is 79.1 Å². The van der Waals surface area contributed by atoms with Crippen molar-refractivity contribution in [3.05, 3.63) is 76.0 Å². The summed E-state index contributed by atoms with van der Waals surface area (Å²) in [4.78, 5) is 26.6. The number of H-pyrrole nitrogens is 1. The van der Waals surface area contributed by atoms with Gasteiger partial charge in [0.1, 0.15) is 0 Å². The Bertz CT molecular complexity index is 1310. The van der Waals surface area contributed by atoms with E-state index in [9.17, 15) is 9.59 Å². The SMILES string of the molecule is O=C(NCc1cccs1)c1ccc2[nH]nc(NC(=O)c3ccc(NCCC4CCOCC4)cc3)c2c1. The molecular weight excluding hydrogens is 474 g/mol. The number of carbonyl (C=O) groups is 2. The molecule has 0 spiro atoms. The number of amides is 2. The molecule has 36 heavy (non-hydrogen) atoms. The number of carbonyl (C=O) groups excluding carboxylic acids is 2. The maximum atomic E-state index is 12.9. The van der Waals surface area contributed by atoms with E-state index in [1.54, 1.807) is 41.7 Å². The van der Waals surface area contributed by atoms with E-state index >= 15 is 0 Å². The Balaban J connectivity index is 1.18. The summed E-state index contributed by atoms with van der Waals surface area (Å²) in [6.45, 7) is 3.11. The van der Waals surface area contributed by atoms with E-state index in [1.165, 1.54) is 0 Å². The fraction of sp³-hybridized carbons (Fsp3) is 0.296. The average molecular weight is 504 g/mol. The molecule has 2 amide bonds. The number of nitrogens with zero attached hydrogens (tertiary/aromatic N) is 1. The second-order valence-electron chi connectivity index (χ2n) is 8.90. The lowest BCUT2D eigenvalue weighted by molar-refractivity contribution is 0.0649. The van der Waals surface area contributed by atoms with Gasteiger partial charge in [-0.1, -0.05) is 6.07 Å². The molecule has 4 aromatic rings. The van der Waals surface area contributed by atoms with Crippen LogP contribution in [0.4, 0.5) is 11.5 Å².